The Morgan fingerprint density at radius 2 is 2.12 bits per heavy atom. The summed E-state index contributed by atoms with van der Waals surface area (Å²) in [6.07, 6.45) is 3.34. The molecule has 0 aromatic carbocycles. The fourth-order valence-corrected chi connectivity index (χ4v) is 2.23. The van der Waals surface area contributed by atoms with Gasteiger partial charge in [-0.25, -0.2) is 0 Å². The lowest BCUT2D eigenvalue weighted by Crippen LogP contribution is -2.39. The molecule has 0 saturated carbocycles. The second-order valence-corrected chi connectivity index (χ2v) is 4.88. The van der Waals surface area contributed by atoms with Crippen molar-refractivity contribution in [1.82, 2.24) is 10.2 Å². The van der Waals surface area contributed by atoms with Crippen LogP contribution in [0.3, 0.4) is 0 Å². The SMILES string of the molecule is CCCC1NC(CC)N(CCOC(C)C)C1=O. The van der Waals surface area contributed by atoms with Gasteiger partial charge in [-0.1, -0.05) is 20.3 Å². The molecule has 1 aliphatic rings. The number of hydrogen-bond acceptors (Lipinski definition) is 3. The van der Waals surface area contributed by atoms with Crippen molar-refractivity contribution in [1.29, 1.82) is 0 Å². The molecule has 4 heteroatoms. The molecule has 2 unspecified atom stereocenters. The average molecular weight is 242 g/mol. The Morgan fingerprint density at radius 1 is 1.41 bits per heavy atom. The first-order valence-corrected chi connectivity index (χ1v) is 6.78. The molecular weight excluding hydrogens is 216 g/mol. The van der Waals surface area contributed by atoms with E-state index in [1.165, 1.54) is 0 Å². The van der Waals surface area contributed by atoms with Crippen LogP contribution in [-0.4, -0.2) is 42.3 Å². The number of nitrogens with zero attached hydrogens (tertiary/aromatic N) is 1. The highest BCUT2D eigenvalue weighted by molar-refractivity contribution is 5.84. The van der Waals surface area contributed by atoms with Gasteiger partial charge in [-0.2, -0.15) is 0 Å². The Labute approximate surface area is 105 Å². The molecule has 1 saturated heterocycles. The van der Waals surface area contributed by atoms with E-state index in [0.29, 0.717) is 13.2 Å². The molecule has 0 radical (unpaired) electrons. The van der Waals surface area contributed by atoms with Crippen molar-refractivity contribution in [3.63, 3.8) is 0 Å². The maximum absolute atomic E-state index is 12.1. The zero-order chi connectivity index (χ0) is 12.8. The Hall–Kier alpha value is -0.610. The molecule has 1 fully saturated rings. The molecule has 0 aromatic heterocycles. The lowest BCUT2D eigenvalue weighted by Gasteiger charge is -2.23. The van der Waals surface area contributed by atoms with Crippen molar-refractivity contribution in [3.05, 3.63) is 0 Å². The maximum Gasteiger partial charge on any atom is 0.241 e. The van der Waals surface area contributed by atoms with Crippen molar-refractivity contribution >= 4 is 5.91 Å². The van der Waals surface area contributed by atoms with E-state index in [4.69, 9.17) is 4.74 Å². The van der Waals surface area contributed by atoms with Crippen molar-refractivity contribution in [2.24, 2.45) is 0 Å². The van der Waals surface area contributed by atoms with Crippen LogP contribution in [0.2, 0.25) is 0 Å². The van der Waals surface area contributed by atoms with Crippen molar-refractivity contribution in [2.45, 2.75) is 65.3 Å². The summed E-state index contributed by atoms with van der Waals surface area (Å²) in [6.45, 7) is 9.57. The number of carbonyl (C=O) groups is 1. The molecule has 2 atom stereocenters. The van der Waals surface area contributed by atoms with Crippen LogP contribution in [0.1, 0.15) is 47.0 Å². The topological polar surface area (TPSA) is 41.6 Å². The quantitative estimate of drug-likeness (QED) is 0.739. The predicted molar refractivity (Wildman–Crippen MR) is 68.7 cm³/mol. The largest absolute Gasteiger partial charge is 0.377 e. The molecule has 1 heterocycles. The summed E-state index contributed by atoms with van der Waals surface area (Å²) in [6, 6.07) is 0.0176. The number of hydrogen-bond donors (Lipinski definition) is 1. The van der Waals surface area contributed by atoms with E-state index in [9.17, 15) is 4.79 Å². The third-order valence-electron chi connectivity index (χ3n) is 3.10. The minimum Gasteiger partial charge on any atom is -0.377 e. The lowest BCUT2D eigenvalue weighted by atomic mass is 10.2. The Morgan fingerprint density at radius 3 is 2.65 bits per heavy atom. The standard InChI is InChI=1S/C13H26N2O2/c1-5-7-11-13(16)15(12(6-2)14-11)8-9-17-10(3)4/h10-12,14H,5-9H2,1-4H3. The summed E-state index contributed by atoms with van der Waals surface area (Å²) >= 11 is 0. The van der Waals surface area contributed by atoms with E-state index in [0.717, 1.165) is 19.3 Å². The average Bonchev–Trinajstić information content (AvgIpc) is 2.57. The summed E-state index contributed by atoms with van der Waals surface area (Å²) in [4.78, 5) is 14.1. The van der Waals surface area contributed by atoms with E-state index in [1.54, 1.807) is 0 Å². The second-order valence-electron chi connectivity index (χ2n) is 4.88. The summed E-state index contributed by atoms with van der Waals surface area (Å²) in [5.74, 6) is 0.242. The molecule has 0 aliphatic carbocycles. The predicted octanol–water partition coefficient (Wildman–Crippen LogP) is 1.75. The summed E-state index contributed by atoms with van der Waals surface area (Å²) in [5.41, 5.74) is 0. The highest BCUT2D eigenvalue weighted by Crippen LogP contribution is 2.16. The van der Waals surface area contributed by atoms with Crippen molar-refractivity contribution < 1.29 is 9.53 Å². The van der Waals surface area contributed by atoms with E-state index in [2.05, 4.69) is 19.2 Å². The molecule has 1 N–H and O–H groups in total. The number of ether oxygens (including phenoxy) is 1. The van der Waals surface area contributed by atoms with Crippen molar-refractivity contribution in [2.75, 3.05) is 13.2 Å². The lowest BCUT2D eigenvalue weighted by molar-refractivity contribution is -0.131. The zero-order valence-corrected chi connectivity index (χ0v) is 11.5. The van der Waals surface area contributed by atoms with Gasteiger partial charge >= 0.3 is 0 Å². The van der Waals surface area contributed by atoms with E-state index < -0.39 is 0 Å². The molecule has 0 spiro atoms. The van der Waals surface area contributed by atoms with Crippen LogP contribution in [0.25, 0.3) is 0 Å². The highest BCUT2D eigenvalue weighted by atomic mass is 16.5. The van der Waals surface area contributed by atoms with Crippen molar-refractivity contribution in [3.8, 4) is 0 Å². The third kappa shape index (κ3) is 3.96. The van der Waals surface area contributed by atoms with Gasteiger partial charge in [0.1, 0.15) is 0 Å². The zero-order valence-electron chi connectivity index (χ0n) is 11.5. The molecular formula is C13H26N2O2. The normalized spacial score (nSPS) is 25.0. The third-order valence-corrected chi connectivity index (χ3v) is 3.10. The number of nitrogens with one attached hydrogen (secondary N) is 1. The van der Waals surface area contributed by atoms with Gasteiger partial charge in [-0.05, 0) is 26.7 Å². The summed E-state index contributed by atoms with van der Waals surface area (Å²) < 4.78 is 5.52. The van der Waals surface area contributed by atoms with Crippen LogP contribution in [0.4, 0.5) is 0 Å². The first kappa shape index (κ1) is 14.5. The van der Waals surface area contributed by atoms with E-state index >= 15 is 0 Å². The van der Waals surface area contributed by atoms with Crippen LogP contribution >= 0.6 is 0 Å². The Balaban J connectivity index is 2.47. The van der Waals surface area contributed by atoms with Gasteiger partial charge in [-0.3, -0.25) is 10.1 Å². The molecule has 0 aromatic rings. The Kier molecular flexibility index (Phi) is 5.92. The van der Waals surface area contributed by atoms with Gasteiger partial charge in [0.25, 0.3) is 0 Å². The minimum atomic E-state index is 0.0176. The van der Waals surface area contributed by atoms with Gasteiger partial charge in [0.05, 0.1) is 24.9 Å². The van der Waals surface area contributed by atoms with Crippen LogP contribution in [0.15, 0.2) is 0 Å². The number of amides is 1. The fourth-order valence-electron chi connectivity index (χ4n) is 2.23. The molecule has 100 valence electrons. The van der Waals surface area contributed by atoms with Gasteiger partial charge in [0.2, 0.25) is 5.91 Å². The van der Waals surface area contributed by atoms with Crippen LogP contribution < -0.4 is 5.32 Å². The molecule has 4 nitrogen and oxygen atoms in total. The monoisotopic (exact) mass is 242 g/mol. The number of carbonyl (C=O) groups excluding carboxylic acids is 1. The molecule has 1 aliphatic heterocycles. The molecule has 0 bridgehead atoms. The summed E-state index contributed by atoms with van der Waals surface area (Å²) in [5, 5.41) is 3.40. The molecule has 17 heavy (non-hydrogen) atoms. The molecule has 1 rings (SSSR count). The van der Waals surface area contributed by atoms with Gasteiger partial charge in [-0.15, -0.1) is 0 Å². The van der Waals surface area contributed by atoms with E-state index in [-0.39, 0.29) is 24.2 Å². The van der Waals surface area contributed by atoms with Crippen LogP contribution in [0, 0.1) is 0 Å². The van der Waals surface area contributed by atoms with Gasteiger partial charge in [0, 0.05) is 6.54 Å². The second kappa shape index (κ2) is 6.97. The maximum atomic E-state index is 12.1. The van der Waals surface area contributed by atoms with Gasteiger partial charge in [0.15, 0.2) is 0 Å². The summed E-state index contributed by atoms with van der Waals surface area (Å²) in [7, 11) is 0. The van der Waals surface area contributed by atoms with Gasteiger partial charge < -0.3 is 9.64 Å². The highest BCUT2D eigenvalue weighted by Gasteiger charge is 2.36. The smallest absolute Gasteiger partial charge is 0.241 e. The fraction of sp³-hybridized carbons (Fsp3) is 0.923. The Bertz CT molecular complexity index is 244. The van der Waals surface area contributed by atoms with Crippen LogP contribution in [-0.2, 0) is 9.53 Å². The molecule has 1 amide bonds. The van der Waals surface area contributed by atoms with E-state index in [1.807, 2.05) is 18.7 Å². The first-order chi connectivity index (χ1) is 8.10. The van der Waals surface area contributed by atoms with Crippen LogP contribution in [0.5, 0.6) is 0 Å². The first-order valence-electron chi connectivity index (χ1n) is 6.78. The minimum absolute atomic E-state index is 0.0176. The number of rotatable bonds is 7.